The molecule has 1 aromatic heterocycles. The first-order valence-electron chi connectivity index (χ1n) is 11.4. The summed E-state index contributed by atoms with van der Waals surface area (Å²) in [4.78, 5) is 16.9. The normalized spacial score (nSPS) is 14.9. The Morgan fingerprint density at radius 2 is 1.44 bits per heavy atom. The lowest BCUT2D eigenvalue weighted by molar-refractivity contribution is -0.929. The van der Waals surface area contributed by atoms with Crippen molar-refractivity contribution in [1.82, 2.24) is 9.47 Å². The number of fused-ring (bicyclic) bond motifs is 1. The fourth-order valence-electron chi connectivity index (χ4n) is 5.08. The molecular formula is C28H30N3O+. The average Bonchev–Trinajstić information content (AvgIpc) is 3.16. The number of carbonyl (C=O) groups excluding carboxylic acids is 1. The van der Waals surface area contributed by atoms with Gasteiger partial charge in [0.05, 0.1) is 26.2 Å². The summed E-state index contributed by atoms with van der Waals surface area (Å²) in [6.07, 6.45) is 0. The van der Waals surface area contributed by atoms with Gasteiger partial charge in [-0.2, -0.15) is 0 Å². The van der Waals surface area contributed by atoms with Crippen molar-refractivity contribution in [2.45, 2.75) is 13.0 Å². The summed E-state index contributed by atoms with van der Waals surface area (Å²) in [5, 5.41) is 1.13. The van der Waals surface area contributed by atoms with Gasteiger partial charge in [0, 0.05) is 29.1 Å². The predicted octanol–water partition coefficient (Wildman–Crippen LogP) is 3.62. The Hall–Kier alpha value is -3.37. The first-order chi connectivity index (χ1) is 15.6. The van der Waals surface area contributed by atoms with E-state index in [1.807, 2.05) is 22.6 Å². The molecule has 0 aliphatic carbocycles. The number of carbonyl (C=O) groups is 1. The van der Waals surface area contributed by atoms with Crippen LogP contribution in [0.15, 0.2) is 84.9 Å². The zero-order valence-corrected chi connectivity index (χ0v) is 18.8. The number of aromatic nitrogens is 1. The van der Waals surface area contributed by atoms with Crippen LogP contribution in [0.3, 0.4) is 0 Å². The maximum Gasteiger partial charge on any atom is 0.270 e. The van der Waals surface area contributed by atoms with Crippen molar-refractivity contribution in [2.24, 2.45) is 7.05 Å². The number of hydrogen-bond acceptors (Lipinski definition) is 1. The Balaban J connectivity index is 1.36. The van der Waals surface area contributed by atoms with E-state index in [-0.39, 0.29) is 11.9 Å². The van der Waals surface area contributed by atoms with Crippen LogP contribution in [0.25, 0.3) is 10.9 Å². The van der Waals surface area contributed by atoms with E-state index in [4.69, 9.17) is 0 Å². The molecule has 0 spiro atoms. The highest BCUT2D eigenvalue weighted by molar-refractivity contribution is 5.98. The van der Waals surface area contributed by atoms with E-state index < -0.39 is 0 Å². The number of amides is 1. The van der Waals surface area contributed by atoms with Crippen LogP contribution >= 0.6 is 0 Å². The van der Waals surface area contributed by atoms with Crippen LogP contribution in [-0.4, -0.2) is 41.6 Å². The van der Waals surface area contributed by atoms with E-state index in [2.05, 4.69) is 85.8 Å². The first kappa shape index (κ1) is 20.5. The minimum Gasteiger partial charge on any atom is -0.340 e. The average molecular weight is 425 g/mol. The molecule has 2 heterocycles. The molecule has 162 valence electrons. The summed E-state index contributed by atoms with van der Waals surface area (Å²) >= 11 is 0. The van der Waals surface area contributed by atoms with Gasteiger partial charge in [-0.15, -0.1) is 0 Å². The smallest absolute Gasteiger partial charge is 0.270 e. The van der Waals surface area contributed by atoms with E-state index in [9.17, 15) is 4.79 Å². The van der Waals surface area contributed by atoms with Gasteiger partial charge in [-0.05, 0) is 25.1 Å². The number of nitrogens with zero attached hydrogens (tertiary/aromatic N) is 2. The molecule has 3 aromatic carbocycles. The number of hydrogen-bond donors (Lipinski definition) is 1. The van der Waals surface area contributed by atoms with Crippen molar-refractivity contribution in [2.75, 3.05) is 26.2 Å². The van der Waals surface area contributed by atoms with Crippen LogP contribution in [0.1, 0.15) is 33.2 Å². The molecule has 5 rings (SSSR count). The SMILES string of the molecule is Cc1ccc2c(c1)cc(C(=O)N1CC[NH+](C(c3ccccc3)c3ccccc3)CC1)n2C. The summed E-state index contributed by atoms with van der Waals surface area (Å²) in [5.74, 6) is 0.136. The van der Waals surface area contributed by atoms with Gasteiger partial charge in [0.2, 0.25) is 0 Å². The van der Waals surface area contributed by atoms with Gasteiger partial charge in [-0.3, -0.25) is 4.79 Å². The quantitative estimate of drug-likeness (QED) is 0.533. The standard InChI is InChI=1S/C28H29N3O/c1-21-13-14-25-24(19-21)20-26(29(25)2)28(32)31-17-15-30(16-18-31)27(22-9-5-3-6-10-22)23-11-7-4-8-12-23/h3-14,19-20,27H,15-18H2,1-2H3/p+1. The van der Waals surface area contributed by atoms with Crippen molar-refractivity contribution in [1.29, 1.82) is 0 Å². The summed E-state index contributed by atoms with van der Waals surface area (Å²) in [6.45, 7) is 5.49. The highest BCUT2D eigenvalue weighted by Crippen LogP contribution is 2.22. The molecular weight excluding hydrogens is 394 g/mol. The van der Waals surface area contributed by atoms with E-state index in [0.717, 1.165) is 42.8 Å². The van der Waals surface area contributed by atoms with Crippen molar-refractivity contribution in [3.63, 3.8) is 0 Å². The predicted molar refractivity (Wildman–Crippen MR) is 129 cm³/mol. The van der Waals surface area contributed by atoms with Gasteiger partial charge in [-0.1, -0.05) is 72.3 Å². The van der Waals surface area contributed by atoms with Crippen molar-refractivity contribution >= 4 is 16.8 Å². The molecule has 0 atom stereocenters. The number of nitrogens with one attached hydrogen (secondary N) is 1. The fourth-order valence-corrected chi connectivity index (χ4v) is 5.08. The topological polar surface area (TPSA) is 29.7 Å². The Bertz CT molecular complexity index is 1180. The highest BCUT2D eigenvalue weighted by atomic mass is 16.2. The number of piperazine rings is 1. The minimum absolute atomic E-state index is 0.136. The largest absolute Gasteiger partial charge is 0.340 e. The number of quaternary nitrogens is 1. The van der Waals surface area contributed by atoms with Gasteiger partial charge in [0.25, 0.3) is 5.91 Å². The number of benzene rings is 3. The van der Waals surface area contributed by atoms with Crippen molar-refractivity contribution in [3.05, 3.63) is 107 Å². The van der Waals surface area contributed by atoms with E-state index in [1.54, 1.807) is 0 Å². The highest BCUT2D eigenvalue weighted by Gasteiger charge is 2.32. The van der Waals surface area contributed by atoms with Crippen LogP contribution < -0.4 is 4.90 Å². The van der Waals surface area contributed by atoms with Crippen molar-refractivity contribution in [3.8, 4) is 0 Å². The lowest BCUT2D eigenvalue weighted by Gasteiger charge is -2.37. The monoisotopic (exact) mass is 424 g/mol. The van der Waals surface area contributed by atoms with Gasteiger partial charge in [-0.25, -0.2) is 0 Å². The Morgan fingerprint density at radius 1 is 0.844 bits per heavy atom. The molecule has 0 unspecified atom stereocenters. The molecule has 1 N–H and O–H groups in total. The van der Waals surface area contributed by atoms with Gasteiger partial charge in [0.15, 0.2) is 0 Å². The summed E-state index contributed by atoms with van der Waals surface area (Å²) in [5.41, 5.74) is 5.76. The lowest BCUT2D eigenvalue weighted by Crippen LogP contribution is -3.15. The van der Waals surface area contributed by atoms with E-state index in [0.29, 0.717) is 0 Å². The molecule has 4 aromatic rings. The summed E-state index contributed by atoms with van der Waals surface area (Å²) < 4.78 is 2.03. The second-order valence-electron chi connectivity index (χ2n) is 8.86. The van der Waals surface area contributed by atoms with Crippen LogP contribution in [0.5, 0.6) is 0 Å². The third-order valence-electron chi connectivity index (χ3n) is 6.78. The molecule has 1 saturated heterocycles. The summed E-state index contributed by atoms with van der Waals surface area (Å²) in [6, 6.07) is 30.2. The molecule has 0 saturated carbocycles. The number of rotatable bonds is 4. The first-order valence-corrected chi connectivity index (χ1v) is 11.4. The minimum atomic E-state index is 0.136. The van der Waals surface area contributed by atoms with Crippen LogP contribution in [0, 0.1) is 6.92 Å². The molecule has 4 nitrogen and oxygen atoms in total. The zero-order valence-electron chi connectivity index (χ0n) is 18.8. The van der Waals surface area contributed by atoms with E-state index in [1.165, 1.54) is 21.6 Å². The maximum absolute atomic E-state index is 13.4. The number of aryl methyl sites for hydroxylation is 2. The van der Waals surface area contributed by atoms with Gasteiger partial charge >= 0.3 is 0 Å². The van der Waals surface area contributed by atoms with Crippen LogP contribution in [0.2, 0.25) is 0 Å². The molecule has 4 heteroatoms. The molecule has 0 bridgehead atoms. The van der Waals surface area contributed by atoms with Gasteiger partial charge in [0.1, 0.15) is 11.7 Å². The molecule has 1 fully saturated rings. The Kier molecular flexibility index (Phi) is 5.54. The zero-order chi connectivity index (χ0) is 22.1. The third-order valence-corrected chi connectivity index (χ3v) is 6.78. The Labute approximate surface area is 189 Å². The van der Waals surface area contributed by atoms with Crippen LogP contribution in [-0.2, 0) is 7.05 Å². The second kappa shape index (κ2) is 8.64. The Morgan fingerprint density at radius 3 is 2.03 bits per heavy atom. The molecule has 1 aliphatic rings. The molecule has 32 heavy (non-hydrogen) atoms. The van der Waals surface area contributed by atoms with Gasteiger partial charge < -0.3 is 14.4 Å². The summed E-state index contributed by atoms with van der Waals surface area (Å²) in [7, 11) is 1.99. The molecule has 1 amide bonds. The van der Waals surface area contributed by atoms with Crippen molar-refractivity contribution < 1.29 is 9.69 Å². The second-order valence-corrected chi connectivity index (χ2v) is 8.86. The fraction of sp³-hybridized carbons (Fsp3) is 0.250. The lowest BCUT2D eigenvalue weighted by atomic mass is 9.96. The molecule has 0 radical (unpaired) electrons. The van der Waals surface area contributed by atoms with E-state index >= 15 is 0 Å². The molecule has 1 aliphatic heterocycles. The third kappa shape index (κ3) is 3.82. The van der Waals surface area contributed by atoms with Crippen LogP contribution in [0.4, 0.5) is 0 Å². The maximum atomic E-state index is 13.4.